The second-order valence-electron chi connectivity index (χ2n) is 17.3. The van der Waals surface area contributed by atoms with E-state index in [1.807, 2.05) is 0 Å². The molecule has 0 spiro atoms. The summed E-state index contributed by atoms with van der Waals surface area (Å²) in [6.45, 7) is 4.22. The molecule has 0 aliphatic carbocycles. The van der Waals surface area contributed by atoms with Crippen LogP contribution in [0.4, 0.5) is 0 Å². The average molecular weight is 987 g/mol. The number of unbranched alkanes of at least 4 members (excludes halogenated alkanes) is 2. The molecule has 24 nitrogen and oxygen atoms in total. The van der Waals surface area contributed by atoms with Gasteiger partial charge in [0, 0.05) is 6.42 Å². The molecule has 0 aliphatic rings. The SMILES string of the molecule is CC(C)CC(NC(=O)C(CCCCN)NC(=O)C(CC(=O)O)NC(=O)C(CO)NC(=O)C(C)NC(=O)C(Cc1ccc(O)cc1)NC(=O)C(N)Cc1ccc(O)cc1)C(=O)NC(CCCCN)C(=O)O. The van der Waals surface area contributed by atoms with Crippen LogP contribution in [0, 0.1) is 5.92 Å². The van der Waals surface area contributed by atoms with Crippen LogP contribution in [0.5, 0.6) is 11.5 Å². The standard InChI is InChI=1S/C46H70N10O14/c1-25(2)20-34(43(66)52-33(46(69)70)9-5-7-19-48)54-41(64)32(8-4-6-18-47)51-44(67)36(23-38(60)61)55-45(68)37(24-57)56-39(62)26(3)50-42(65)35(22-28-12-16-30(59)17-13-28)53-40(63)31(49)21-27-10-14-29(58)15-11-27/h10-17,25-26,31-37,57-59H,4-9,18-24,47-49H2,1-3H3,(H,50,65)(H,51,67)(H,52,66)(H,53,63)(H,54,64)(H,55,68)(H,56,62)(H,60,61)(H,69,70). The Bertz CT molecular complexity index is 2060. The smallest absolute Gasteiger partial charge is 0.326 e. The molecule has 2 rings (SSSR count). The van der Waals surface area contributed by atoms with Gasteiger partial charge in [-0.25, -0.2) is 4.79 Å². The van der Waals surface area contributed by atoms with E-state index in [0.29, 0.717) is 36.9 Å². The predicted molar refractivity (Wildman–Crippen MR) is 253 cm³/mol. The number of carbonyl (C=O) groups is 9. The number of aliphatic carboxylic acids is 2. The summed E-state index contributed by atoms with van der Waals surface area (Å²) in [5.74, 6) is -9.76. The van der Waals surface area contributed by atoms with Gasteiger partial charge in [-0.05, 0) is 113 Å². The van der Waals surface area contributed by atoms with Gasteiger partial charge in [-0.2, -0.15) is 0 Å². The Morgan fingerprint density at radius 3 is 1.41 bits per heavy atom. The second kappa shape index (κ2) is 30.6. The number of nitrogens with two attached hydrogens (primary N) is 3. The fourth-order valence-electron chi connectivity index (χ4n) is 6.89. The second-order valence-corrected chi connectivity index (χ2v) is 17.3. The van der Waals surface area contributed by atoms with Crippen LogP contribution in [0.2, 0.25) is 0 Å². The predicted octanol–water partition coefficient (Wildman–Crippen LogP) is -2.52. The molecular weight excluding hydrogens is 917 g/mol. The fraction of sp³-hybridized carbons (Fsp3) is 0.543. The lowest BCUT2D eigenvalue weighted by atomic mass is 10.0. The number of aliphatic hydroxyl groups excluding tert-OH is 1. The molecule has 2 aromatic rings. The number of carboxylic acid groups (broad SMARTS) is 2. The highest BCUT2D eigenvalue weighted by molar-refractivity contribution is 5.98. The minimum atomic E-state index is -1.89. The molecule has 0 saturated carbocycles. The molecule has 2 aromatic carbocycles. The van der Waals surface area contributed by atoms with Crippen molar-refractivity contribution in [3.05, 3.63) is 59.7 Å². The van der Waals surface area contributed by atoms with Crippen molar-refractivity contribution < 1.29 is 68.7 Å². The number of hydrogen-bond acceptors (Lipinski definition) is 15. The molecule has 24 heteroatoms. The topological polar surface area (TPSA) is 417 Å². The van der Waals surface area contributed by atoms with Crippen molar-refractivity contribution in [1.82, 2.24) is 37.2 Å². The van der Waals surface area contributed by atoms with E-state index in [1.165, 1.54) is 43.3 Å². The number of nitrogens with one attached hydrogen (secondary N) is 7. The Balaban J connectivity index is 2.23. The molecule has 0 fully saturated rings. The van der Waals surface area contributed by atoms with Gasteiger partial charge in [0.2, 0.25) is 41.4 Å². The molecule has 8 atom stereocenters. The zero-order valence-electron chi connectivity index (χ0n) is 39.6. The maximum absolute atomic E-state index is 13.8. The number of benzene rings is 2. The lowest BCUT2D eigenvalue weighted by molar-refractivity contribution is -0.142. The van der Waals surface area contributed by atoms with Crippen LogP contribution >= 0.6 is 0 Å². The zero-order valence-corrected chi connectivity index (χ0v) is 39.6. The van der Waals surface area contributed by atoms with Crippen molar-refractivity contribution in [2.45, 2.75) is 133 Å². The van der Waals surface area contributed by atoms with Gasteiger partial charge in [0.05, 0.1) is 19.1 Å². The van der Waals surface area contributed by atoms with E-state index in [0.717, 1.165) is 0 Å². The minimum absolute atomic E-state index is 0.00598. The molecule has 70 heavy (non-hydrogen) atoms. The number of phenols is 2. The summed E-state index contributed by atoms with van der Waals surface area (Å²) in [5, 5.41) is 65.7. The summed E-state index contributed by atoms with van der Waals surface area (Å²) in [6.07, 6.45) is 0.583. The van der Waals surface area contributed by atoms with Gasteiger partial charge in [-0.1, -0.05) is 38.1 Å². The van der Waals surface area contributed by atoms with Crippen LogP contribution in [-0.2, 0) is 56.0 Å². The molecular formula is C46H70N10O14. The Morgan fingerprint density at radius 1 is 0.500 bits per heavy atom. The minimum Gasteiger partial charge on any atom is -0.508 e. The summed E-state index contributed by atoms with van der Waals surface area (Å²) in [5.41, 5.74) is 18.4. The van der Waals surface area contributed by atoms with Crippen LogP contribution < -0.4 is 54.4 Å². The van der Waals surface area contributed by atoms with E-state index < -0.39 is 115 Å². The summed E-state index contributed by atoms with van der Waals surface area (Å²) in [7, 11) is 0. The first-order valence-corrected chi connectivity index (χ1v) is 23.0. The van der Waals surface area contributed by atoms with E-state index in [9.17, 15) is 68.7 Å². The molecule has 0 bridgehead atoms. The van der Waals surface area contributed by atoms with Gasteiger partial charge in [0.1, 0.15) is 53.8 Å². The molecule has 18 N–H and O–H groups in total. The fourth-order valence-corrected chi connectivity index (χ4v) is 6.89. The lowest BCUT2D eigenvalue weighted by Gasteiger charge is -2.27. The maximum atomic E-state index is 13.8. The highest BCUT2D eigenvalue weighted by atomic mass is 16.4. The number of rotatable bonds is 32. The van der Waals surface area contributed by atoms with Gasteiger partial charge in [-0.15, -0.1) is 0 Å². The Morgan fingerprint density at radius 2 is 0.914 bits per heavy atom. The Hall–Kier alpha value is -6.89. The molecule has 388 valence electrons. The van der Waals surface area contributed by atoms with Crippen molar-refractivity contribution >= 4 is 53.3 Å². The van der Waals surface area contributed by atoms with Gasteiger partial charge in [0.15, 0.2) is 0 Å². The number of phenolic OH excluding ortho intramolecular Hbond substituents is 2. The first-order chi connectivity index (χ1) is 33.1. The molecule has 8 unspecified atom stereocenters. The number of aromatic hydroxyl groups is 2. The highest BCUT2D eigenvalue weighted by Gasteiger charge is 2.34. The van der Waals surface area contributed by atoms with Crippen molar-refractivity contribution in [3.63, 3.8) is 0 Å². The Labute approximate surface area is 405 Å². The van der Waals surface area contributed by atoms with Crippen molar-refractivity contribution in [2.24, 2.45) is 23.1 Å². The number of amides is 7. The van der Waals surface area contributed by atoms with E-state index in [2.05, 4.69) is 37.2 Å². The third-order valence-electron chi connectivity index (χ3n) is 10.8. The Kier molecular flexibility index (Phi) is 25.9. The summed E-state index contributed by atoms with van der Waals surface area (Å²) in [4.78, 5) is 118. The molecule has 0 saturated heterocycles. The molecule has 0 aromatic heterocycles. The third-order valence-corrected chi connectivity index (χ3v) is 10.8. The van der Waals surface area contributed by atoms with E-state index in [1.54, 1.807) is 26.0 Å². The average Bonchev–Trinajstić information content (AvgIpc) is 3.30. The van der Waals surface area contributed by atoms with Crippen molar-refractivity contribution in [3.8, 4) is 11.5 Å². The normalized spacial score (nSPS) is 14.5. The van der Waals surface area contributed by atoms with Crippen molar-refractivity contribution in [2.75, 3.05) is 19.7 Å². The quantitative estimate of drug-likeness (QED) is 0.0336. The van der Waals surface area contributed by atoms with E-state index >= 15 is 0 Å². The van der Waals surface area contributed by atoms with Crippen LogP contribution in [0.25, 0.3) is 0 Å². The molecule has 0 aliphatic heterocycles. The maximum Gasteiger partial charge on any atom is 0.326 e. The van der Waals surface area contributed by atoms with Gasteiger partial charge in [0.25, 0.3) is 0 Å². The molecule has 7 amide bonds. The number of hydrogen-bond donors (Lipinski definition) is 15. The van der Waals surface area contributed by atoms with Crippen LogP contribution in [0.1, 0.15) is 83.3 Å². The highest BCUT2D eigenvalue weighted by Crippen LogP contribution is 2.14. The monoisotopic (exact) mass is 987 g/mol. The number of aliphatic hydroxyl groups is 1. The zero-order chi connectivity index (χ0) is 52.5. The lowest BCUT2D eigenvalue weighted by Crippen LogP contribution is -2.60. The summed E-state index contributed by atoms with van der Waals surface area (Å²) in [6, 6.07) is 0.158. The van der Waals surface area contributed by atoms with Crippen LogP contribution in [0.3, 0.4) is 0 Å². The largest absolute Gasteiger partial charge is 0.508 e. The van der Waals surface area contributed by atoms with Crippen molar-refractivity contribution in [1.29, 1.82) is 0 Å². The first kappa shape index (κ1) is 59.2. The third kappa shape index (κ3) is 21.6. The first-order valence-electron chi connectivity index (χ1n) is 23.0. The van der Waals surface area contributed by atoms with E-state index in [4.69, 9.17) is 17.2 Å². The summed E-state index contributed by atoms with van der Waals surface area (Å²) < 4.78 is 0. The van der Waals surface area contributed by atoms with Crippen LogP contribution in [0.15, 0.2) is 48.5 Å². The van der Waals surface area contributed by atoms with Gasteiger partial charge >= 0.3 is 11.9 Å². The van der Waals surface area contributed by atoms with E-state index in [-0.39, 0.29) is 62.5 Å². The molecule has 0 heterocycles. The van der Waals surface area contributed by atoms with Gasteiger partial charge in [-0.3, -0.25) is 38.4 Å². The van der Waals surface area contributed by atoms with Gasteiger partial charge < -0.3 is 80.0 Å². The summed E-state index contributed by atoms with van der Waals surface area (Å²) >= 11 is 0. The molecule has 0 radical (unpaired) electrons. The van der Waals surface area contributed by atoms with Crippen LogP contribution in [-0.4, -0.2) is 147 Å². The number of carboxylic acids is 2. The number of carbonyl (C=O) groups excluding carboxylic acids is 7.